The van der Waals surface area contributed by atoms with E-state index in [4.69, 9.17) is 16.3 Å². The lowest BCUT2D eigenvalue weighted by Crippen LogP contribution is -2.36. The molecule has 1 aliphatic carbocycles. The van der Waals surface area contributed by atoms with Crippen molar-refractivity contribution in [1.29, 1.82) is 0 Å². The normalized spacial score (nSPS) is 14.0. The molecule has 0 aliphatic heterocycles. The second kappa shape index (κ2) is 8.60. The number of imidazole rings is 1. The van der Waals surface area contributed by atoms with E-state index in [0.29, 0.717) is 47.1 Å². The minimum Gasteiger partial charge on any atom is -0.431 e. The van der Waals surface area contributed by atoms with Gasteiger partial charge < -0.3 is 19.5 Å². The second-order valence-corrected chi connectivity index (χ2v) is 7.15. The van der Waals surface area contributed by atoms with E-state index < -0.39 is 11.6 Å². The molecule has 2 aromatic rings. The third-order valence-corrected chi connectivity index (χ3v) is 4.85. The van der Waals surface area contributed by atoms with Gasteiger partial charge >= 0.3 is 0 Å². The van der Waals surface area contributed by atoms with Crippen LogP contribution in [0.25, 0.3) is 11.0 Å². The zero-order chi connectivity index (χ0) is 21.1. The fourth-order valence-electron chi connectivity index (χ4n) is 3.03. The van der Waals surface area contributed by atoms with E-state index in [-0.39, 0.29) is 24.5 Å². The average molecular weight is 425 g/mol. The topological polar surface area (TPSA) is 78.5 Å². The van der Waals surface area contributed by atoms with Gasteiger partial charge in [0.15, 0.2) is 11.6 Å². The van der Waals surface area contributed by atoms with Crippen molar-refractivity contribution < 1.29 is 23.1 Å². The van der Waals surface area contributed by atoms with Crippen LogP contribution in [0.4, 0.5) is 8.78 Å². The highest BCUT2D eigenvalue weighted by molar-refractivity contribution is 6.29. The van der Waals surface area contributed by atoms with Crippen molar-refractivity contribution in [2.75, 3.05) is 20.6 Å². The Morgan fingerprint density at radius 3 is 2.83 bits per heavy atom. The number of likely N-dealkylation sites (N-methyl/N-ethyl adjacent to an activating group) is 2. The maximum atomic E-state index is 13.8. The summed E-state index contributed by atoms with van der Waals surface area (Å²) in [7, 11) is 3.25. The predicted molar refractivity (Wildman–Crippen MR) is 102 cm³/mol. The third-order valence-electron chi connectivity index (χ3n) is 4.55. The molecule has 0 atom stereocenters. The minimum atomic E-state index is -1.03. The molecular formula is C19H19ClF2N4O3. The zero-order valence-corrected chi connectivity index (χ0v) is 16.6. The van der Waals surface area contributed by atoms with Crippen molar-refractivity contribution in [1.82, 2.24) is 19.8 Å². The van der Waals surface area contributed by atoms with Gasteiger partial charge in [-0.1, -0.05) is 11.6 Å². The summed E-state index contributed by atoms with van der Waals surface area (Å²) in [5, 5.41) is 0.599. The van der Waals surface area contributed by atoms with Gasteiger partial charge in [0.1, 0.15) is 17.1 Å². The Kier molecular flexibility index (Phi) is 6.17. The number of nitrogens with zero attached hydrogens (tertiary/aromatic N) is 3. The highest BCUT2D eigenvalue weighted by atomic mass is 35.5. The molecule has 0 saturated carbocycles. The molecule has 1 heterocycles. The molecule has 29 heavy (non-hydrogen) atoms. The van der Waals surface area contributed by atoms with Crippen LogP contribution in [-0.2, 0) is 20.9 Å². The van der Waals surface area contributed by atoms with Gasteiger partial charge in [0, 0.05) is 25.5 Å². The van der Waals surface area contributed by atoms with Gasteiger partial charge in [0.05, 0.1) is 24.3 Å². The van der Waals surface area contributed by atoms with Crippen molar-refractivity contribution >= 4 is 35.0 Å². The van der Waals surface area contributed by atoms with Gasteiger partial charge in [-0.2, -0.15) is 0 Å². The number of amides is 1. The molecule has 1 amide bonds. The van der Waals surface area contributed by atoms with Gasteiger partial charge in [-0.25, -0.2) is 13.8 Å². The summed E-state index contributed by atoms with van der Waals surface area (Å²) in [6.07, 6.45) is 2.67. The van der Waals surface area contributed by atoms with Crippen LogP contribution in [-0.4, -0.2) is 52.8 Å². The molecule has 1 aromatic carbocycles. The lowest BCUT2D eigenvalue weighted by molar-refractivity contribution is -0.131. The molecular weight excluding hydrogens is 406 g/mol. The Morgan fingerprint density at radius 2 is 2.10 bits per heavy atom. The average Bonchev–Trinajstić information content (AvgIpc) is 3.09. The van der Waals surface area contributed by atoms with Gasteiger partial charge in [-0.15, -0.1) is 0 Å². The summed E-state index contributed by atoms with van der Waals surface area (Å²) in [5.74, 6) is -1.51. The number of halogens is 3. The lowest BCUT2D eigenvalue weighted by Gasteiger charge is -2.27. The molecule has 3 rings (SSSR count). The van der Waals surface area contributed by atoms with Gasteiger partial charge in [-0.3, -0.25) is 9.59 Å². The number of nitrogens with one attached hydrogen (secondary N) is 1. The first-order valence-electron chi connectivity index (χ1n) is 8.77. The molecule has 0 unspecified atom stereocenters. The van der Waals surface area contributed by atoms with Crippen LogP contribution in [0.5, 0.6) is 0 Å². The summed E-state index contributed by atoms with van der Waals surface area (Å²) in [4.78, 5) is 33.3. The van der Waals surface area contributed by atoms with E-state index in [1.807, 2.05) is 0 Å². The number of aromatic amines is 1. The van der Waals surface area contributed by atoms with E-state index in [1.165, 1.54) is 11.0 Å². The molecule has 0 fully saturated rings. The highest BCUT2D eigenvalue weighted by Gasteiger charge is 2.21. The van der Waals surface area contributed by atoms with E-state index in [9.17, 15) is 18.4 Å². The van der Waals surface area contributed by atoms with Crippen molar-refractivity contribution in [2.24, 2.45) is 0 Å². The van der Waals surface area contributed by atoms with Crippen LogP contribution in [0, 0.1) is 11.6 Å². The van der Waals surface area contributed by atoms with Crippen LogP contribution < -0.4 is 0 Å². The molecule has 0 bridgehead atoms. The highest BCUT2D eigenvalue weighted by Crippen LogP contribution is 2.28. The summed E-state index contributed by atoms with van der Waals surface area (Å²) in [5.41, 5.74) is 0.789. The largest absolute Gasteiger partial charge is 0.431 e. The van der Waals surface area contributed by atoms with Gasteiger partial charge in [-0.05, 0) is 24.6 Å². The minimum absolute atomic E-state index is 0.0125. The molecule has 0 spiro atoms. The SMILES string of the molecule is CN(Cc1nc2c(F)c(F)ccc2[nH]1)C(=O)CN(C)C1=C(OC=O)CCC(Cl)=C1. The summed E-state index contributed by atoms with van der Waals surface area (Å²) >= 11 is 6.08. The Labute approximate surface area is 170 Å². The molecule has 0 saturated heterocycles. The number of aromatic nitrogens is 2. The Morgan fingerprint density at radius 1 is 1.34 bits per heavy atom. The molecule has 1 N–H and O–H groups in total. The Bertz CT molecular complexity index is 1020. The zero-order valence-electron chi connectivity index (χ0n) is 15.8. The summed E-state index contributed by atoms with van der Waals surface area (Å²) in [6, 6.07) is 2.40. The standard InChI is InChI=1S/C19H19ClF2N4O3/c1-25(14-7-11(20)3-6-15(14)29-10-27)9-17(28)26(2)8-16-23-13-5-4-12(21)18(22)19(13)24-16/h4-5,7,10H,3,6,8-9H2,1-2H3,(H,23,24). The number of allylic oxidation sites excluding steroid dienone is 3. The quantitative estimate of drug-likeness (QED) is 0.691. The second-order valence-electron chi connectivity index (χ2n) is 6.66. The molecule has 7 nitrogen and oxygen atoms in total. The number of carbonyl (C=O) groups excluding carboxylic acids is 2. The molecule has 10 heteroatoms. The van der Waals surface area contributed by atoms with Crippen molar-refractivity contribution in [3.8, 4) is 0 Å². The number of rotatable bonds is 7. The van der Waals surface area contributed by atoms with Crippen LogP contribution >= 0.6 is 11.6 Å². The predicted octanol–water partition coefficient (Wildman–Crippen LogP) is 3.03. The van der Waals surface area contributed by atoms with E-state index in [1.54, 1.807) is 25.1 Å². The Balaban J connectivity index is 1.70. The molecule has 1 aromatic heterocycles. The van der Waals surface area contributed by atoms with E-state index in [2.05, 4.69) is 9.97 Å². The smallest absolute Gasteiger partial charge is 0.298 e. The maximum Gasteiger partial charge on any atom is 0.298 e. The summed E-state index contributed by atoms with van der Waals surface area (Å²) < 4.78 is 32.2. The number of benzene rings is 1. The number of H-pyrrole nitrogens is 1. The third kappa shape index (κ3) is 4.56. The summed E-state index contributed by atoms with van der Waals surface area (Å²) in [6.45, 7) is 0.408. The van der Waals surface area contributed by atoms with Crippen molar-refractivity contribution in [2.45, 2.75) is 19.4 Å². The maximum absolute atomic E-state index is 13.8. The molecule has 0 radical (unpaired) electrons. The monoisotopic (exact) mass is 424 g/mol. The van der Waals surface area contributed by atoms with Crippen LogP contribution in [0.2, 0.25) is 0 Å². The van der Waals surface area contributed by atoms with Gasteiger partial charge in [0.25, 0.3) is 6.47 Å². The number of carbonyl (C=O) groups is 2. The first kappa shape index (κ1) is 20.8. The molecule has 154 valence electrons. The molecule has 1 aliphatic rings. The van der Waals surface area contributed by atoms with Crippen molar-refractivity contribution in [3.63, 3.8) is 0 Å². The van der Waals surface area contributed by atoms with Crippen molar-refractivity contribution in [3.05, 3.63) is 52.2 Å². The van der Waals surface area contributed by atoms with Crippen LogP contribution in [0.1, 0.15) is 18.7 Å². The van der Waals surface area contributed by atoms with E-state index >= 15 is 0 Å². The number of hydrogen-bond donors (Lipinski definition) is 1. The Hall–Kier alpha value is -2.94. The van der Waals surface area contributed by atoms with Gasteiger partial charge in [0.2, 0.25) is 5.91 Å². The van der Waals surface area contributed by atoms with Crippen LogP contribution in [0.15, 0.2) is 34.7 Å². The van der Waals surface area contributed by atoms with E-state index in [0.717, 1.165) is 6.07 Å². The first-order valence-corrected chi connectivity index (χ1v) is 9.15. The van der Waals surface area contributed by atoms with Crippen LogP contribution in [0.3, 0.4) is 0 Å². The fraction of sp³-hybridized carbons (Fsp3) is 0.316. The number of ether oxygens (including phenoxy) is 1. The fourth-order valence-corrected chi connectivity index (χ4v) is 3.23. The lowest BCUT2D eigenvalue weighted by atomic mass is 10.1. The number of fused-ring (bicyclic) bond motifs is 1. The first-order chi connectivity index (χ1) is 13.8. The number of hydrogen-bond acceptors (Lipinski definition) is 5.